The van der Waals surface area contributed by atoms with Crippen LogP contribution in [0.2, 0.25) is 5.15 Å². The minimum atomic E-state index is -2.43. The van der Waals surface area contributed by atoms with Gasteiger partial charge in [0.2, 0.25) is 0 Å². The van der Waals surface area contributed by atoms with E-state index >= 15 is 0 Å². The summed E-state index contributed by atoms with van der Waals surface area (Å²) < 4.78 is 20.4. The highest BCUT2D eigenvalue weighted by Crippen LogP contribution is 2.01. The summed E-state index contributed by atoms with van der Waals surface area (Å²) in [5.74, 6) is -0.0838. The highest BCUT2D eigenvalue weighted by atomic mass is 35.5. The van der Waals surface area contributed by atoms with Gasteiger partial charge in [-0.15, -0.1) is 0 Å². The van der Waals surface area contributed by atoms with E-state index in [9.17, 15) is 8.42 Å². The maximum absolute atomic E-state index is 10.2. The lowest BCUT2D eigenvalue weighted by atomic mass is 10.5. The molecule has 0 aliphatic carbocycles. The van der Waals surface area contributed by atoms with E-state index in [1.165, 1.54) is 12.4 Å². The second-order valence-electron chi connectivity index (χ2n) is 1.82. The monoisotopic (exact) mass is 192 g/mol. The van der Waals surface area contributed by atoms with Crippen molar-refractivity contribution in [2.24, 2.45) is 0 Å². The maximum Gasteiger partial charge on any atom is 0.147 e. The van der Waals surface area contributed by atoms with Crippen LogP contribution in [-0.2, 0) is 16.5 Å². The Kier molecular flexibility index (Phi) is 2.78. The van der Waals surface area contributed by atoms with Gasteiger partial charge in [0.25, 0.3) is 0 Å². The highest BCUT2D eigenvalue weighted by molar-refractivity contribution is 7.71. The molecule has 4 nitrogen and oxygen atoms in total. The van der Waals surface area contributed by atoms with Crippen molar-refractivity contribution in [3.63, 3.8) is 0 Å². The number of nitrogens with zero attached hydrogens (tertiary/aromatic N) is 2. The molecular weight excluding hydrogens is 188 g/mol. The Morgan fingerprint density at radius 1 is 1.36 bits per heavy atom. The Morgan fingerprint density at radius 2 is 2.09 bits per heavy atom. The van der Waals surface area contributed by atoms with Crippen LogP contribution in [0.3, 0.4) is 0 Å². The number of rotatable bonds is 2. The zero-order valence-corrected chi connectivity index (χ0v) is 7.05. The predicted octanol–water partition coefficient (Wildman–Crippen LogP) is 0.241. The topological polar surface area (TPSA) is 59.9 Å². The second kappa shape index (κ2) is 3.64. The largest absolute Gasteiger partial charge is 0.255 e. The Morgan fingerprint density at radius 3 is 2.55 bits per heavy atom. The SMILES string of the molecule is O=[SH](=O)Cc1cnc(Cl)cn1. The van der Waals surface area contributed by atoms with Gasteiger partial charge in [0.1, 0.15) is 15.9 Å². The second-order valence-corrected chi connectivity index (χ2v) is 3.19. The molecular formula is C5H5ClN2O2S. The highest BCUT2D eigenvalue weighted by Gasteiger charge is 1.95. The van der Waals surface area contributed by atoms with Crippen LogP contribution in [0.25, 0.3) is 0 Å². The third-order valence-electron chi connectivity index (χ3n) is 0.965. The van der Waals surface area contributed by atoms with E-state index in [1.54, 1.807) is 0 Å². The van der Waals surface area contributed by atoms with Crippen molar-refractivity contribution in [3.05, 3.63) is 23.2 Å². The summed E-state index contributed by atoms with van der Waals surface area (Å²) in [7, 11) is -2.43. The third kappa shape index (κ3) is 2.81. The summed E-state index contributed by atoms with van der Waals surface area (Å²) in [4.78, 5) is 7.41. The molecule has 1 heterocycles. The van der Waals surface area contributed by atoms with Crippen LogP contribution in [0.5, 0.6) is 0 Å². The van der Waals surface area contributed by atoms with Crippen molar-refractivity contribution < 1.29 is 8.42 Å². The number of aromatic nitrogens is 2. The van der Waals surface area contributed by atoms with E-state index in [1.807, 2.05) is 0 Å². The normalized spacial score (nSPS) is 10.4. The molecule has 0 aromatic carbocycles. The summed E-state index contributed by atoms with van der Waals surface area (Å²) in [6, 6.07) is 0. The van der Waals surface area contributed by atoms with Gasteiger partial charge >= 0.3 is 0 Å². The molecule has 0 amide bonds. The first-order valence-corrected chi connectivity index (χ1v) is 4.51. The van der Waals surface area contributed by atoms with Crippen molar-refractivity contribution in [3.8, 4) is 0 Å². The van der Waals surface area contributed by atoms with Crippen molar-refractivity contribution in [1.82, 2.24) is 9.97 Å². The Labute approximate surface area is 70.2 Å². The molecule has 60 valence electrons. The maximum atomic E-state index is 10.2. The predicted molar refractivity (Wildman–Crippen MR) is 41.1 cm³/mol. The fourth-order valence-electron chi connectivity index (χ4n) is 0.553. The van der Waals surface area contributed by atoms with E-state index in [0.29, 0.717) is 5.69 Å². The molecule has 0 unspecified atom stereocenters. The average molecular weight is 193 g/mol. The fourth-order valence-corrected chi connectivity index (χ4v) is 1.08. The van der Waals surface area contributed by atoms with Gasteiger partial charge in [-0.25, -0.2) is 13.4 Å². The van der Waals surface area contributed by atoms with Gasteiger partial charge < -0.3 is 0 Å². The number of hydrogen-bond acceptors (Lipinski definition) is 4. The van der Waals surface area contributed by atoms with Crippen LogP contribution in [0.1, 0.15) is 5.69 Å². The first-order valence-electron chi connectivity index (χ1n) is 2.76. The van der Waals surface area contributed by atoms with Gasteiger partial charge in [-0.2, -0.15) is 0 Å². The summed E-state index contributed by atoms with van der Waals surface area (Å²) in [6.45, 7) is 0. The molecule has 0 spiro atoms. The molecule has 11 heavy (non-hydrogen) atoms. The zero-order valence-electron chi connectivity index (χ0n) is 5.40. The molecule has 0 bridgehead atoms. The number of hydrogen-bond donors (Lipinski definition) is 1. The van der Waals surface area contributed by atoms with E-state index in [-0.39, 0.29) is 10.9 Å². The molecule has 0 atom stereocenters. The van der Waals surface area contributed by atoms with Gasteiger partial charge in [0, 0.05) is 0 Å². The van der Waals surface area contributed by atoms with Crippen LogP contribution in [0, 0.1) is 0 Å². The summed E-state index contributed by atoms with van der Waals surface area (Å²) >= 11 is 5.42. The molecule has 6 heteroatoms. The Bertz CT molecular complexity index is 301. The molecule has 0 saturated carbocycles. The smallest absolute Gasteiger partial charge is 0.147 e. The molecule has 0 aliphatic rings. The summed E-state index contributed by atoms with van der Waals surface area (Å²) in [5.41, 5.74) is 0.408. The Balaban J connectivity index is 2.82. The van der Waals surface area contributed by atoms with E-state index in [4.69, 9.17) is 11.6 Å². The first-order chi connectivity index (χ1) is 5.18. The van der Waals surface area contributed by atoms with E-state index in [2.05, 4.69) is 9.97 Å². The van der Waals surface area contributed by atoms with Crippen molar-refractivity contribution >= 4 is 22.3 Å². The summed E-state index contributed by atoms with van der Waals surface area (Å²) in [6.07, 6.45) is 2.66. The number of thiol groups is 1. The lowest BCUT2D eigenvalue weighted by Gasteiger charge is -1.91. The molecule has 1 aromatic heterocycles. The Hall–Kier alpha value is -0.680. The number of halogens is 1. The average Bonchev–Trinajstić information content (AvgIpc) is 1.93. The van der Waals surface area contributed by atoms with Gasteiger partial charge in [0.05, 0.1) is 23.8 Å². The molecule has 1 aromatic rings. The zero-order chi connectivity index (χ0) is 8.27. The van der Waals surface area contributed by atoms with Crippen LogP contribution in [0.15, 0.2) is 12.4 Å². The van der Waals surface area contributed by atoms with Gasteiger partial charge in [-0.3, -0.25) is 4.98 Å². The molecule has 0 saturated heterocycles. The first kappa shape index (κ1) is 8.42. The third-order valence-corrected chi connectivity index (χ3v) is 1.74. The van der Waals surface area contributed by atoms with Crippen LogP contribution >= 0.6 is 11.6 Å². The molecule has 0 N–H and O–H groups in total. The lowest BCUT2D eigenvalue weighted by molar-refractivity contribution is 0.613. The van der Waals surface area contributed by atoms with Crippen LogP contribution in [-0.4, -0.2) is 18.4 Å². The van der Waals surface area contributed by atoms with Gasteiger partial charge in [-0.1, -0.05) is 11.6 Å². The van der Waals surface area contributed by atoms with E-state index < -0.39 is 10.7 Å². The molecule has 1 rings (SSSR count). The van der Waals surface area contributed by atoms with Gasteiger partial charge in [0.15, 0.2) is 0 Å². The lowest BCUT2D eigenvalue weighted by Crippen LogP contribution is -1.91. The van der Waals surface area contributed by atoms with Crippen molar-refractivity contribution in [2.75, 3.05) is 0 Å². The van der Waals surface area contributed by atoms with Crippen LogP contribution < -0.4 is 0 Å². The van der Waals surface area contributed by atoms with Crippen molar-refractivity contribution in [1.29, 1.82) is 0 Å². The van der Waals surface area contributed by atoms with Crippen LogP contribution in [0.4, 0.5) is 0 Å². The molecule has 0 radical (unpaired) electrons. The standard InChI is InChI=1S/C5H5ClN2O2S/c6-5-2-7-4(1-8-5)3-11(9)10/h1-2,11H,3H2. The minimum Gasteiger partial charge on any atom is -0.255 e. The van der Waals surface area contributed by atoms with Crippen molar-refractivity contribution in [2.45, 2.75) is 5.75 Å². The summed E-state index contributed by atoms with van der Waals surface area (Å²) in [5, 5.41) is 0.259. The van der Waals surface area contributed by atoms with E-state index in [0.717, 1.165) is 0 Å². The fraction of sp³-hybridized carbons (Fsp3) is 0.200. The molecule has 0 fully saturated rings. The quantitative estimate of drug-likeness (QED) is 0.682. The molecule has 0 aliphatic heterocycles. The minimum absolute atomic E-state index is 0.0838. The van der Waals surface area contributed by atoms with Gasteiger partial charge in [-0.05, 0) is 0 Å².